The molecule has 2 nitrogen and oxygen atoms in total. The molecule has 1 aromatic carbocycles. The Labute approximate surface area is 128 Å². The maximum atomic E-state index is 12.4. The molecule has 2 aliphatic rings. The van der Waals surface area contributed by atoms with E-state index in [1.807, 2.05) is 12.1 Å². The van der Waals surface area contributed by atoms with E-state index < -0.39 is 0 Å². The van der Waals surface area contributed by atoms with Crippen molar-refractivity contribution in [3.8, 4) is 0 Å². The molecule has 1 aliphatic carbocycles. The zero-order chi connectivity index (χ0) is 14.7. The molecule has 21 heavy (non-hydrogen) atoms. The van der Waals surface area contributed by atoms with E-state index in [-0.39, 0.29) is 0 Å². The van der Waals surface area contributed by atoms with E-state index in [4.69, 9.17) is 0 Å². The molecule has 1 heterocycles. The first-order valence-corrected chi connectivity index (χ1v) is 8.58. The van der Waals surface area contributed by atoms with Crippen LogP contribution < -0.4 is 5.32 Å². The molecule has 1 saturated heterocycles. The first kappa shape index (κ1) is 14.8. The van der Waals surface area contributed by atoms with Crippen LogP contribution in [0.5, 0.6) is 0 Å². The van der Waals surface area contributed by atoms with Crippen molar-refractivity contribution in [2.45, 2.75) is 51.4 Å². The molecule has 114 valence electrons. The van der Waals surface area contributed by atoms with Gasteiger partial charge in [-0.3, -0.25) is 4.79 Å². The van der Waals surface area contributed by atoms with Crippen LogP contribution >= 0.6 is 0 Å². The molecule has 2 atom stereocenters. The highest BCUT2D eigenvalue weighted by Crippen LogP contribution is 2.36. The molecule has 3 rings (SSSR count). The molecule has 1 aromatic rings. The molecular formula is C19H27NO. The van der Waals surface area contributed by atoms with Crippen LogP contribution in [-0.4, -0.2) is 18.9 Å². The van der Waals surface area contributed by atoms with Crippen molar-refractivity contribution < 1.29 is 4.79 Å². The zero-order valence-corrected chi connectivity index (χ0v) is 13.1. The molecule has 1 aliphatic heterocycles. The minimum Gasteiger partial charge on any atom is -0.316 e. The summed E-state index contributed by atoms with van der Waals surface area (Å²) in [6.45, 7) is 4.45. The summed E-state index contributed by atoms with van der Waals surface area (Å²) in [7, 11) is 0. The first-order valence-electron chi connectivity index (χ1n) is 8.58. The quantitative estimate of drug-likeness (QED) is 0.823. The Hall–Kier alpha value is -1.15. The van der Waals surface area contributed by atoms with E-state index in [0.717, 1.165) is 24.6 Å². The summed E-state index contributed by atoms with van der Waals surface area (Å²) in [5.74, 6) is 2.21. The topological polar surface area (TPSA) is 29.1 Å². The Kier molecular flexibility index (Phi) is 4.74. The Balaban J connectivity index is 1.56. The van der Waals surface area contributed by atoms with E-state index in [9.17, 15) is 4.79 Å². The van der Waals surface area contributed by atoms with Gasteiger partial charge in [0.2, 0.25) is 0 Å². The number of Topliss-reactive ketones (excluding diaryl/α,β-unsaturated/α-hetero) is 1. The van der Waals surface area contributed by atoms with Crippen LogP contribution in [0.4, 0.5) is 0 Å². The largest absolute Gasteiger partial charge is 0.316 e. The number of piperidine rings is 1. The maximum absolute atomic E-state index is 12.4. The number of carbonyl (C=O) groups is 1. The van der Waals surface area contributed by atoms with Gasteiger partial charge in [-0.05, 0) is 62.1 Å². The molecule has 2 unspecified atom stereocenters. The number of rotatable bonds is 5. The van der Waals surface area contributed by atoms with Gasteiger partial charge in [0.25, 0.3) is 0 Å². The Morgan fingerprint density at radius 3 is 2.52 bits per heavy atom. The van der Waals surface area contributed by atoms with Crippen molar-refractivity contribution in [1.29, 1.82) is 0 Å². The summed E-state index contributed by atoms with van der Waals surface area (Å²) >= 11 is 0. The van der Waals surface area contributed by atoms with Crippen LogP contribution in [0.3, 0.4) is 0 Å². The number of hydrogen-bond acceptors (Lipinski definition) is 2. The van der Waals surface area contributed by atoms with Crippen LogP contribution in [0.15, 0.2) is 24.3 Å². The highest BCUT2D eigenvalue weighted by Gasteiger charge is 2.23. The third-order valence-corrected chi connectivity index (χ3v) is 5.46. The number of carbonyl (C=O) groups excluding carboxylic acids is 1. The van der Waals surface area contributed by atoms with Gasteiger partial charge in [0.1, 0.15) is 0 Å². The summed E-state index contributed by atoms with van der Waals surface area (Å²) < 4.78 is 0. The predicted molar refractivity (Wildman–Crippen MR) is 86.7 cm³/mol. The molecule has 0 amide bonds. The standard InChI is InChI=1S/C19H27NO/c1-14(18-6-3-11-20-13-18)12-19(21)17-9-7-16(8-10-17)15-4-2-5-15/h7-10,14-15,18,20H,2-6,11-13H2,1H3. The third kappa shape index (κ3) is 3.55. The van der Waals surface area contributed by atoms with E-state index in [2.05, 4.69) is 24.4 Å². The monoisotopic (exact) mass is 285 g/mol. The van der Waals surface area contributed by atoms with Gasteiger partial charge in [-0.1, -0.05) is 37.6 Å². The number of benzene rings is 1. The highest BCUT2D eigenvalue weighted by atomic mass is 16.1. The Morgan fingerprint density at radius 2 is 1.95 bits per heavy atom. The summed E-state index contributed by atoms with van der Waals surface area (Å²) in [5.41, 5.74) is 2.32. The molecule has 2 heteroatoms. The van der Waals surface area contributed by atoms with Crippen LogP contribution in [0.1, 0.15) is 67.3 Å². The van der Waals surface area contributed by atoms with Gasteiger partial charge in [-0.25, -0.2) is 0 Å². The van der Waals surface area contributed by atoms with Gasteiger partial charge in [0.05, 0.1) is 0 Å². The second-order valence-corrected chi connectivity index (χ2v) is 6.96. The summed E-state index contributed by atoms with van der Waals surface area (Å²) in [6.07, 6.45) is 7.20. The van der Waals surface area contributed by atoms with Crippen molar-refractivity contribution >= 4 is 5.78 Å². The van der Waals surface area contributed by atoms with E-state index in [0.29, 0.717) is 24.0 Å². The van der Waals surface area contributed by atoms with Crippen LogP contribution in [-0.2, 0) is 0 Å². The lowest BCUT2D eigenvalue weighted by Gasteiger charge is -2.28. The number of ketones is 1. The van der Waals surface area contributed by atoms with E-state index in [1.165, 1.54) is 37.7 Å². The van der Waals surface area contributed by atoms with Gasteiger partial charge >= 0.3 is 0 Å². The fourth-order valence-electron chi connectivity index (χ4n) is 3.62. The van der Waals surface area contributed by atoms with Gasteiger partial charge < -0.3 is 5.32 Å². The van der Waals surface area contributed by atoms with Gasteiger partial charge in [0.15, 0.2) is 5.78 Å². The number of hydrogen-bond donors (Lipinski definition) is 1. The zero-order valence-electron chi connectivity index (χ0n) is 13.1. The lowest BCUT2D eigenvalue weighted by molar-refractivity contribution is 0.0943. The van der Waals surface area contributed by atoms with Crippen molar-refractivity contribution in [2.24, 2.45) is 11.8 Å². The molecule has 0 bridgehead atoms. The smallest absolute Gasteiger partial charge is 0.163 e. The fourth-order valence-corrected chi connectivity index (χ4v) is 3.62. The van der Waals surface area contributed by atoms with Crippen molar-refractivity contribution in [3.63, 3.8) is 0 Å². The fraction of sp³-hybridized carbons (Fsp3) is 0.632. The lowest BCUT2D eigenvalue weighted by Crippen LogP contribution is -2.34. The molecule has 0 radical (unpaired) electrons. The van der Waals surface area contributed by atoms with Crippen LogP contribution in [0.2, 0.25) is 0 Å². The average molecular weight is 285 g/mol. The maximum Gasteiger partial charge on any atom is 0.163 e. The summed E-state index contributed by atoms with van der Waals surface area (Å²) in [4.78, 5) is 12.4. The molecule has 0 spiro atoms. The van der Waals surface area contributed by atoms with Gasteiger partial charge in [-0.2, -0.15) is 0 Å². The SMILES string of the molecule is CC(CC(=O)c1ccc(C2CCC2)cc1)C1CCCNC1. The lowest BCUT2D eigenvalue weighted by atomic mass is 9.79. The van der Waals surface area contributed by atoms with E-state index in [1.54, 1.807) is 0 Å². The second-order valence-electron chi connectivity index (χ2n) is 6.96. The number of nitrogens with one attached hydrogen (secondary N) is 1. The molecule has 2 fully saturated rings. The summed E-state index contributed by atoms with van der Waals surface area (Å²) in [5, 5.41) is 3.45. The average Bonchev–Trinajstić information content (AvgIpc) is 2.47. The Bertz CT molecular complexity index is 469. The summed E-state index contributed by atoms with van der Waals surface area (Å²) in [6, 6.07) is 8.43. The predicted octanol–water partition coefficient (Wildman–Crippen LogP) is 4.16. The van der Waals surface area contributed by atoms with E-state index >= 15 is 0 Å². The highest BCUT2D eigenvalue weighted by molar-refractivity contribution is 5.96. The second kappa shape index (κ2) is 6.74. The Morgan fingerprint density at radius 1 is 1.19 bits per heavy atom. The first-order chi connectivity index (χ1) is 10.2. The minimum absolute atomic E-state index is 0.313. The minimum atomic E-state index is 0.313. The van der Waals surface area contributed by atoms with Crippen LogP contribution in [0, 0.1) is 11.8 Å². The molecular weight excluding hydrogens is 258 g/mol. The van der Waals surface area contributed by atoms with Crippen LogP contribution in [0.25, 0.3) is 0 Å². The third-order valence-electron chi connectivity index (χ3n) is 5.46. The van der Waals surface area contributed by atoms with Crippen molar-refractivity contribution in [2.75, 3.05) is 13.1 Å². The van der Waals surface area contributed by atoms with Crippen molar-refractivity contribution in [3.05, 3.63) is 35.4 Å². The van der Waals surface area contributed by atoms with Crippen molar-refractivity contribution in [1.82, 2.24) is 5.32 Å². The van der Waals surface area contributed by atoms with Gasteiger partial charge in [0, 0.05) is 12.0 Å². The van der Waals surface area contributed by atoms with Gasteiger partial charge in [-0.15, -0.1) is 0 Å². The molecule has 1 N–H and O–H groups in total. The molecule has 0 aromatic heterocycles. The molecule has 1 saturated carbocycles. The normalized spacial score (nSPS) is 24.3.